The molecule has 86 valence electrons. The summed E-state index contributed by atoms with van der Waals surface area (Å²) in [7, 11) is 0. The number of halogens is 9. The molecule has 0 aromatic carbocycles. The Bertz CT molecular complexity index is 174. The van der Waals surface area contributed by atoms with Crippen LogP contribution in [0.2, 0.25) is 0 Å². The van der Waals surface area contributed by atoms with Gasteiger partial charge in [-0.15, -0.1) is 39.5 Å². The molecule has 0 saturated heterocycles. The summed E-state index contributed by atoms with van der Waals surface area (Å²) in [6.07, 6.45) is -21.1. The van der Waals surface area contributed by atoms with E-state index in [-0.39, 0.29) is 0 Å². The lowest BCUT2D eigenvalue weighted by Crippen LogP contribution is -2.68. The van der Waals surface area contributed by atoms with Crippen molar-refractivity contribution in [2.45, 2.75) is 18.9 Å². The molecule has 0 aromatic rings. The fourth-order valence-corrected chi connectivity index (χ4v) is 0.431. The van der Waals surface area contributed by atoms with E-state index in [1.54, 1.807) is 0 Å². The van der Waals surface area contributed by atoms with Crippen LogP contribution in [0, 0.1) is 5.21 Å². The topological polar surface area (TPSA) is 23.1 Å². The summed E-state index contributed by atoms with van der Waals surface area (Å²) in [5, 5.41) is 9.73. The van der Waals surface area contributed by atoms with Gasteiger partial charge in [0.1, 0.15) is 0 Å². The first kappa shape index (κ1) is 13.3. The molecule has 11 heteroatoms. The largest absolute Gasteiger partial charge is 0.612 e. The number of nitrogens with zero attached hydrogens (tertiary/aromatic N) is 1. The van der Waals surface area contributed by atoms with Gasteiger partial charge in [0.2, 0.25) is 0 Å². The number of hydrogen-bond donors (Lipinski definition) is 0. The van der Waals surface area contributed by atoms with Crippen LogP contribution in [0.5, 0.6) is 0 Å². The SMILES string of the molecule is [O-][N+](C(F)(F)F)(C(F)(F)F)C(F)(F)F. The van der Waals surface area contributed by atoms with Crippen molar-refractivity contribution in [2.24, 2.45) is 0 Å². The fourth-order valence-electron chi connectivity index (χ4n) is 0.431. The van der Waals surface area contributed by atoms with Crippen molar-refractivity contribution in [1.82, 2.24) is 0 Å². The van der Waals surface area contributed by atoms with E-state index >= 15 is 0 Å². The lowest BCUT2D eigenvalue weighted by atomic mass is 10.7. The molecule has 14 heavy (non-hydrogen) atoms. The van der Waals surface area contributed by atoms with E-state index in [4.69, 9.17) is 0 Å². The molecule has 0 aromatic heterocycles. The first-order valence-corrected chi connectivity index (χ1v) is 2.55. The third kappa shape index (κ3) is 1.73. The zero-order chi connectivity index (χ0) is 12.0. The molecular formula is C3F9NO. The van der Waals surface area contributed by atoms with Gasteiger partial charge in [-0.2, -0.15) is 0 Å². The summed E-state index contributed by atoms with van der Waals surface area (Å²) in [6, 6.07) is 0. The lowest BCUT2D eigenvalue weighted by Gasteiger charge is -2.41. The van der Waals surface area contributed by atoms with Crippen molar-refractivity contribution in [1.29, 1.82) is 0 Å². The van der Waals surface area contributed by atoms with Crippen LogP contribution >= 0.6 is 0 Å². The second-order valence-electron chi connectivity index (χ2n) is 2.01. The first-order chi connectivity index (χ1) is 5.75. The van der Waals surface area contributed by atoms with Gasteiger partial charge in [-0.3, -0.25) is 0 Å². The second kappa shape index (κ2) is 2.89. The van der Waals surface area contributed by atoms with E-state index in [1.165, 1.54) is 0 Å². The molecule has 2 nitrogen and oxygen atoms in total. The minimum atomic E-state index is -7.05. The number of quaternary nitrogens is 1. The van der Waals surface area contributed by atoms with Crippen molar-refractivity contribution in [3.63, 3.8) is 0 Å². The van der Waals surface area contributed by atoms with E-state index in [9.17, 15) is 44.7 Å². The molecule has 0 aliphatic heterocycles. The minimum absolute atomic E-state index is 6.19. The Kier molecular flexibility index (Phi) is 2.74. The fraction of sp³-hybridized carbons (Fsp3) is 1.00. The summed E-state index contributed by atoms with van der Waals surface area (Å²) in [6.45, 7) is 0. The summed E-state index contributed by atoms with van der Waals surface area (Å²) in [4.78, 5) is 0. The van der Waals surface area contributed by atoms with Gasteiger partial charge in [-0.05, 0) is 0 Å². The highest BCUT2D eigenvalue weighted by Gasteiger charge is 2.79. The Labute approximate surface area is 69.7 Å². The zero-order valence-corrected chi connectivity index (χ0v) is 5.76. The maximum Gasteiger partial charge on any atom is 0.575 e. The van der Waals surface area contributed by atoms with Gasteiger partial charge in [0.15, 0.2) is 0 Å². The summed E-state index contributed by atoms with van der Waals surface area (Å²) in [5.74, 6) is 0. The average molecular weight is 237 g/mol. The van der Waals surface area contributed by atoms with Gasteiger partial charge in [0.25, 0.3) is 0 Å². The van der Waals surface area contributed by atoms with Crippen LogP contribution in [-0.2, 0) is 0 Å². The Morgan fingerprint density at radius 2 is 0.714 bits per heavy atom. The molecule has 0 amide bonds. The normalized spacial score (nSPS) is 15.9. The van der Waals surface area contributed by atoms with Gasteiger partial charge in [0, 0.05) is 0 Å². The van der Waals surface area contributed by atoms with Crippen molar-refractivity contribution >= 4 is 0 Å². The number of hydrogen-bond acceptors (Lipinski definition) is 1. The molecule has 0 aliphatic carbocycles. The van der Waals surface area contributed by atoms with Crippen LogP contribution in [-0.4, -0.2) is 23.5 Å². The van der Waals surface area contributed by atoms with Crippen LogP contribution in [0.3, 0.4) is 0 Å². The monoisotopic (exact) mass is 237 g/mol. The maximum atomic E-state index is 11.3. The van der Waals surface area contributed by atoms with Crippen molar-refractivity contribution in [3.8, 4) is 0 Å². The van der Waals surface area contributed by atoms with E-state index < -0.39 is 23.5 Å². The molecule has 0 radical (unpaired) electrons. The van der Waals surface area contributed by atoms with Crippen LogP contribution in [0.15, 0.2) is 0 Å². The predicted octanol–water partition coefficient (Wildman–Crippen LogP) is 2.86. The van der Waals surface area contributed by atoms with Crippen LogP contribution < -0.4 is 0 Å². The Balaban J connectivity index is 5.54. The molecule has 0 fully saturated rings. The highest BCUT2D eigenvalue weighted by atomic mass is 19.4. The molecule has 0 aliphatic rings. The third-order valence-electron chi connectivity index (χ3n) is 1.07. The smallest absolute Gasteiger partial charge is 0.575 e. The number of rotatable bonds is 0. The molecule has 0 unspecified atom stereocenters. The van der Waals surface area contributed by atoms with Crippen molar-refractivity contribution < 1.29 is 44.2 Å². The van der Waals surface area contributed by atoms with Gasteiger partial charge in [0.05, 0.1) is 0 Å². The maximum absolute atomic E-state index is 11.3. The quantitative estimate of drug-likeness (QED) is 0.275. The molecule has 0 atom stereocenters. The van der Waals surface area contributed by atoms with Crippen molar-refractivity contribution in [2.75, 3.05) is 0 Å². The summed E-state index contributed by atoms with van der Waals surface area (Å²) >= 11 is 0. The van der Waals surface area contributed by atoms with E-state index in [2.05, 4.69) is 0 Å². The van der Waals surface area contributed by atoms with Gasteiger partial charge < -0.3 is 5.21 Å². The zero-order valence-electron chi connectivity index (χ0n) is 5.76. The van der Waals surface area contributed by atoms with Crippen LogP contribution in [0.4, 0.5) is 39.5 Å². The average Bonchev–Trinajstić information content (AvgIpc) is 1.77. The molecule has 0 N–H and O–H groups in total. The highest BCUT2D eigenvalue weighted by molar-refractivity contribution is 4.51. The molecule has 0 saturated carbocycles. The molecule has 0 heterocycles. The number of alkyl halides is 9. The lowest BCUT2D eigenvalue weighted by molar-refractivity contribution is -1.14. The number of hydroxylamine groups is 3. The van der Waals surface area contributed by atoms with Crippen LogP contribution in [0.1, 0.15) is 0 Å². The molecule has 0 rings (SSSR count). The summed E-state index contributed by atoms with van der Waals surface area (Å²) in [5.41, 5.74) is 0. The Hall–Kier alpha value is -0.710. The summed E-state index contributed by atoms with van der Waals surface area (Å²) < 4.78 is 95.7. The van der Waals surface area contributed by atoms with E-state index in [1.807, 2.05) is 0 Å². The van der Waals surface area contributed by atoms with Crippen molar-refractivity contribution in [3.05, 3.63) is 5.21 Å². The molecule has 0 bridgehead atoms. The van der Waals surface area contributed by atoms with Gasteiger partial charge in [-0.25, -0.2) is 0 Å². The van der Waals surface area contributed by atoms with E-state index in [0.29, 0.717) is 0 Å². The van der Waals surface area contributed by atoms with Gasteiger partial charge >= 0.3 is 18.9 Å². The standard InChI is InChI=1S/C3F9NO/c4-1(5,6)13(14,2(7,8)9)3(10,11)12. The Morgan fingerprint density at radius 1 is 0.571 bits per heavy atom. The Morgan fingerprint density at radius 3 is 0.714 bits per heavy atom. The minimum Gasteiger partial charge on any atom is -0.612 e. The first-order valence-electron chi connectivity index (χ1n) is 2.55. The third-order valence-corrected chi connectivity index (χ3v) is 1.07. The van der Waals surface area contributed by atoms with Gasteiger partial charge in [-0.1, -0.05) is 4.65 Å². The molecule has 0 spiro atoms. The predicted molar refractivity (Wildman–Crippen MR) is 21.8 cm³/mol. The second-order valence-corrected chi connectivity index (χ2v) is 2.01. The van der Waals surface area contributed by atoms with E-state index in [0.717, 1.165) is 0 Å². The van der Waals surface area contributed by atoms with Crippen LogP contribution in [0.25, 0.3) is 0 Å². The highest BCUT2D eigenvalue weighted by Crippen LogP contribution is 2.50. The molecular weight excluding hydrogens is 237 g/mol.